The summed E-state index contributed by atoms with van der Waals surface area (Å²) in [6.45, 7) is 7.63. The molecule has 0 spiro atoms. The van der Waals surface area contributed by atoms with E-state index in [1.165, 1.54) is 23.9 Å². The SMILES string of the molecule is C[C@@H](C(=O)NC(C)(C)C)N(Cc1ccc(F)cc1)C(=O)CSCc1ccc(Cl)cc1. The molecule has 0 unspecified atom stereocenters. The highest BCUT2D eigenvalue weighted by atomic mass is 35.5. The normalized spacial score (nSPS) is 12.3. The molecule has 0 aliphatic rings. The number of thioether (sulfide) groups is 1. The first-order valence-corrected chi connectivity index (χ1v) is 11.3. The van der Waals surface area contributed by atoms with Gasteiger partial charge in [0.05, 0.1) is 5.75 Å². The predicted octanol–water partition coefficient (Wildman–Crippen LogP) is 5.04. The van der Waals surface area contributed by atoms with Gasteiger partial charge in [0.25, 0.3) is 0 Å². The second-order valence-electron chi connectivity index (χ2n) is 8.18. The van der Waals surface area contributed by atoms with E-state index in [2.05, 4.69) is 5.32 Å². The standard InChI is InChI=1S/C23H28ClFN2O2S/c1-16(22(29)26-23(2,3)4)27(13-17-7-11-20(25)12-8-17)21(28)15-30-14-18-5-9-19(24)10-6-18/h5-12,16H,13-15H2,1-4H3,(H,26,29)/t16-/m0/s1. The summed E-state index contributed by atoms with van der Waals surface area (Å²) >= 11 is 7.38. The maximum absolute atomic E-state index is 13.3. The molecule has 2 aromatic rings. The van der Waals surface area contributed by atoms with Gasteiger partial charge in [0.15, 0.2) is 0 Å². The van der Waals surface area contributed by atoms with Crippen LogP contribution in [0.1, 0.15) is 38.8 Å². The Labute approximate surface area is 187 Å². The molecule has 162 valence electrons. The van der Waals surface area contributed by atoms with Gasteiger partial charge in [-0.05, 0) is 63.1 Å². The third kappa shape index (κ3) is 8.00. The summed E-state index contributed by atoms with van der Waals surface area (Å²) in [5, 5.41) is 3.59. The van der Waals surface area contributed by atoms with Crippen LogP contribution < -0.4 is 5.32 Å². The molecule has 0 bridgehead atoms. The Hall–Kier alpha value is -2.05. The molecule has 4 nitrogen and oxygen atoms in total. The van der Waals surface area contributed by atoms with Crippen molar-refractivity contribution in [2.45, 2.75) is 51.6 Å². The van der Waals surface area contributed by atoms with Crippen LogP contribution >= 0.6 is 23.4 Å². The van der Waals surface area contributed by atoms with Crippen LogP contribution in [0.5, 0.6) is 0 Å². The molecular formula is C23H28ClFN2O2S. The zero-order valence-electron chi connectivity index (χ0n) is 17.7. The molecule has 2 amide bonds. The highest BCUT2D eigenvalue weighted by Crippen LogP contribution is 2.18. The minimum absolute atomic E-state index is 0.144. The van der Waals surface area contributed by atoms with E-state index < -0.39 is 11.6 Å². The third-order valence-electron chi connectivity index (χ3n) is 4.34. The van der Waals surface area contributed by atoms with Crippen molar-refractivity contribution in [3.05, 3.63) is 70.5 Å². The van der Waals surface area contributed by atoms with Crippen molar-refractivity contribution in [1.82, 2.24) is 10.2 Å². The van der Waals surface area contributed by atoms with E-state index in [4.69, 9.17) is 11.6 Å². The van der Waals surface area contributed by atoms with Crippen LogP contribution in [0.2, 0.25) is 5.02 Å². The van der Waals surface area contributed by atoms with Crippen LogP contribution in [0.15, 0.2) is 48.5 Å². The van der Waals surface area contributed by atoms with E-state index in [9.17, 15) is 14.0 Å². The lowest BCUT2D eigenvalue weighted by Gasteiger charge is -2.31. The molecule has 30 heavy (non-hydrogen) atoms. The van der Waals surface area contributed by atoms with Crippen molar-refractivity contribution in [2.24, 2.45) is 0 Å². The lowest BCUT2D eigenvalue weighted by molar-refractivity contribution is -0.139. The Kier molecular flexibility index (Phi) is 8.74. The summed E-state index contributed by atoms with van der Waals surface area (Å²) < 4.78 is 13.3. The molecule has 0 radical (unpaired) electrons. The first kappa shape index (κ1) is 24.2. The molecule has 0 aromatic heterocycles. The van der Waals surface area contributed by atoms with Crippen molar-refractivity contribution in [3.8, 4) is 0 Å². The predicted molar refractivity (Wildman–Crippen MR) is 122 cm³/mol. The van der Waals surface area contributed by atoms with E-state index in [1.54, 1.807) is 24.0 Å². The van der Waals surface area contributed by atoms with E-state index >= 15 is 0 Å². The zero-order valence-corrected chi connectivity index (χ0v) is 19.3. The molecule has 2 rings (SSSR count). The number of amides is 2. The van der Waals surface area contributed by atoms with Gasteiger partial charge in [0, 0.05) is 22.9 Å². The number of nitrogens with zero attached hydrogens (tertiary/aromatic N) is 1. The molecule has 2 aromatic carbocycles. The largest absolute Gasteiger partial charge is 0.350 e. The average Bonchev–Trinajstić information content (AvgIpc) is 2.67. The van der Waals surface area contributed by atoms with E-state index in [0.717, 1.165) is 11.1 Å². The zero-order chi connectivity index (χ0) is 22.3. The Bertz CT molecular complexity index is 851. The first-order chi connectivity index (χ1) is 14.0. The van der Waals surface area contributed by atoms with Crippen molar-refractivity contribution >= 4 is 35.2 Å². The topological polar surface area (TPSA) is 49.4 Å². The Morgan fingerprint density at radius 1 is 1.07 bits per heavy atom. The summed E-state index contributed by atoms with van der Waals surface area (Å²) in [6, 6.07) is 12.8. The monoisotopic (exact) mass is 450 g/mol. The Morgan fingerprint density at radius 3 is 2.20 bits per heavy atom. The molecule has 1 N–H and O–H groups in total. The van der Waals surface area contributed by atoms with Gasteiger partial charge >= 0.3 is 0 Å². The minimum Gasteiger partial charge on any atom is -0.350 e. The average molecular weight is 451 g/mol. The summed E-state index contributed by atoms with van der Waals surface area (Å²) in [5.74, 6) is 0.191. The van der Waals surface area contributed by atoms with Crippen LogP contribution in [0.25, 0.3) is 0 Å². The third-order valence-corrected chi connectivity index (χ3v) is 5.58. The van der Waals surface area contributed by atoms with Crippen LogP contribution in [0.4, 0.5) is 4.39 Å². The molecule has 7 heteroatoms. The summed E-state index contributed by atoms with van der Waals surface area (Å²) in [5.41, 5.74) is 1.43. The molecule has 0 heterocycles. The second-order valence-corrected chi connectivity index (χ2v) is 9.60. The van der Waals surface area contributed by atoms with E-state index in [0.29, 0.717) is 10.8 Å². The van der Waals surface area contributed by atoms with Crippen molar-refractivity contribution in [3.63, 3.8) is 0 Å². The second kappa shape index (κ2) is 10.8. The number of nitrogens with one attached hydrogen (secondary N) is 1. The van der Waals surface area contributed by atoms with Gasteiger partial charge in [0.2, 0.25) is 11.8 Å². The molecule has 0 aliphatic carbocycles. The minimum atomic E-state index is -0.655. The maximum atomic E-state index is 13.3. The lowest BCUT2D eigenvalue weighted by atomic mass is 10.1. The van der Waals surface area contributed by atoms with Gasteiger partial charge in [-0.3, -0.25) is 9.59 Å². The number of hydrogen-bond donors (Lipinski definition) is 1. The Morgan fingerprint density at radius 2 is 1.63 bits per heavy atom. The molecular weight excluding hydrogens is 423 g/mol. The maximum Gasteiger partial charge on any atom is 0.242 e. The van der Waals surface area contributed by atoms with Gasteiger partial charge in [-0.25, -0.2) is 4.39 Å². The van der Waals surface area contributed by atoms with Crippen LogP contribution in [-0.4, -0.2) is 34.0 Å². The number of rotatable bonds is 8. The highest BCUT2D eigenvalue weighted by Gasteiger charge is 2.28. The number of carbonyl (C=O) groups excluding carboxylic acids is 2. The van der Waals surface area contributed by atoms with Gasteiger partial charge in [-0.15, -0.1) is 11.8 Å². The van der Waals surface area contributed by atoms with Crippen LogP contribution in [0.3, 0.4) is 0 Å². The van der Waals surface area contributed by atoms with Gasteiger partial charge in [0.1, 0.15) is 11.9 Å². The number of hydrogen-bond acceptors (Lipinski definition) is 3. The highest BCUT2D eigenvalue weighted by molar-refractivity contribution is 7.99. The fourth-order valence-electron chi connectivity index (χ4n) is 2.76. The van der Waals surface area contributed by atoms with Gasteiger partial charge in [-0.2, -0.15) is 0 Å². The van der Waals surface area contributed by atoms with Gasteiger partial charge < -0.3 is 10.2 Å². The summed E-state index contributed by atoms with van der Waals surface area (Å²) in [4.78, 5) is 27.2. The van der Waals surface area contributed by atoms with E-state index in [1.807, 2.05) is 45.0 Å². The van der Waals surface area contributed by atoms with Crippen LogP contribution in [0, 0.1) is 5.82 Å². The van der Waals surface area contributed by atoms with Gasteiger partial charge in [-0.1, -0.05) is 35.9 Å². The molecule has 0 fully saturated rings. The molecule has 0 aliphatic heterocycles. The number of carbonyl (C=O) groups is 2. The summed E-state index contributed by atoms with van der Waals surface area (Å²) in [6.07, 6.45) is 0. The fourth-order valence-corrected chi connectivity index (χ4v) is 3.76. The number of halogens is 2. The molecule has 0 saturated carbocycles. The van der Waals surface area contributed by atoms with E-state index in [-0.39, 0.29) is 29.9 Å². The smallest absolute Gasteiger partial charge is 0.242 e. The molecule has 0 saturated heterocycles. The lowest BCUT2D eigenvalue weighted by Crippen LogP contribution is -2.52. The Balaban J connectivity index is 2.08. The quantitative estimate of drug-likeness (QED) is 0.612. The first-order valence-electron chi connectivity index (χ1n) is 9.73. The molecule has 1 atom stereocenters. The summed E-state index contributed by atoms with van der Waals surface area (Å²) in [7, 11) is 0. The van der Waals surface area contributed by atoms with Crippen molar-refractivity contribution in [1.29, 1.82) is 0 Å². The van der Waals surface area contributed by atoms with Crippen molar-refractivity contribution in [2.75, 3.05) is 5.75 Å². The van der Waals surface area contributed by atoms with Crippen molar-refractivity contribution < 1.29 is 14.0 Å². The van der Waals surface area contributed by atoms with Crippen LogP contribution in [-0.2, 0) is 21.9 Å². The fraction of sp³-hybridized carbons (Fsp3) is 0.391. The number of benzene rings is 2.